The van der Waals surface area contributed by atoms with Gasteiger partial charge in [-0.1, -0.05) is 19.1 Å². The molecule has 0 saturated carbocycles. The van der Waals surface area contributed by atoms with Gasteiger partial charge >= 0.3 is 0 Å². The molecule has 1 saturated heterocycles. The zero-order valence-electron chi connectivity index (χ0n) is 12.0. The van der Waals surface area contributed by atoms with Crippen LogP contribution in [-0.4, -0.2) is 20.2 Å². The van der Waals surface area contributed by atoms with Gasteiger partial charge in [-0.25, -0.2) is 0 Å². The van der Waals surface area contributed by atoms with E-state index in [2.05, 4.69) is 38.2 Å². The number of aryl methyl sites for hydroxylation is 1. The third kappa shape index (κ3) is 2.69. The molecule has 1 aliphatic rings. The van der Waals surface area contributed by atoms with Crippen molar-refractivity contribution in [3.63, 3.8) is 0 Å². The van der Waals surface area contributed by atoms with E-state index >= 15 is 0 Å². The monoisotopic (exact) mass is 247 g/mol. The number of piperidine rings is 1. The maximum absolute atomic E-state index is 5.61. The zero-order chi connectivity index (χ0) is 13.1. The van der Waals surface area contributed by atoms with Gasteiger partial charge in [0.25, 0.3) is 0 Å². The summed E-state index contributed by atoms with van der Waals surface area (Å²) in [5, 5.41) is 3.51. The van der Waals surface area contributed by atoms with E-state index in [9.17, 15) is 0 Å². The predicted octanol–water partition coefficient (Wildman–Crippen LogP) is 3.10. The molecule has 1 aliphatic heterocycles. The lowest BCUT2D eigenvalue weighted by molar-refractivity contribution is 0.270. The normalized spacial score (nSPS) is 24.0. The Morgan fingerprint density at radius 2 is 2.11 bits per heavy atom. The summed E-state index contributed by atoms with van der Waals surface area (Å²) >= 11 is 0. The second-order valence-electron chi connectivity index (χ2n) is 5.63. The van der Waals surface area contributed by atoms with Crippen LogP contribution in [-0.2, 0) is 6.42 Å². The molecule has 1 aromatic rings. The maximum atomic E-state index is 5.61. The van der Waals surface area contributed by atoms with Crippen molar-refractivity contribution in [1.29, 1.82) is 0 Å². The molecule has 2 unspecified atom stereocenters. The number of nitrogens with one attached hydrogen (secondary N) is 1. The van der Waals surface area contributed by atoms with Crippen LogP contribution in [0.2, 0.25) is 0 Å². The smallest absolute Gasteiger partial charge is 0.125 e. The first kappa shape index (κ1) is 13.4. The Bertz CT molecular complexity index is 414. The molecule has 100 valence electrons. The molecule has 0 amide bonds. The summed E-state index contributed by atoms with van der Waals surface area (Å²) < 4.78 is 5.61. The average Bonchev–Trinajstić information content (AvgIpc) is 2.37. The molecule has 0 radical (unpaired) electrons. The topological polar surface area (TPSA) is 21.3 Å². The average molecular weight is 247 g/mol. The van der Waals surface area contributed by atoms with Gasteiger partial charge in [0, 0.05) is 0 Å². The Labute approximate surface area is 111 Å². The first-order valence-corrected chi connectivity index (χ1v) is 6.97. The lowest BCUT2D eigenvalue weighted by Gasteiger charge is -2.30. The van der Waals surface area contributed by atoms with E-state index in [1.807, 2.05) is 0 Å². The highest BCUT2D eigenvalue weighted by Gasteiger charge is 2.22. The summed E-state index contributed by atoms with van der Waals surface area (Å²) in [6.45, 7) is 8.98. The SMILES string of the molecule is COc1c(CC2CNCCC2C)ccc(C)c1C. The maximum Gasteiger partial charge on any atom is 0.125 e. The van der Waals surface area contributed by atoms with Gasteiger partial charge in [-0.15, -0.1) is 0 Å². The van der Waals surface area contributed by atoms with Crippen LogP contribution in [0.25, 0.3) is 0 Å². The molecule has 2 rings (SSSR count). The number of rotatable bonds is 3. The van der Waals surface area contributed by atoms with Gasteiger partial charge in [0.15, 0.2) is 0 Å². The second kappa shape index (κ2) is 5.75. The minimum absolute atomic E-state index is 0.731. The fourth-order valence-corrected chi connectivity index (χ4v) is 2.90. The van der Waals surface area contributed by atoms with Crippen LogP contribution in [0, 0.1) is 25.7 Å². The third-order valence-corrected chi connectivity index (χ3v) is 4.43. The number of hydrogen-bond acceptors (Lipinski definition) is 2. The Morgan fingerprint density at radius 3 is 2.78 bits per heavy atom. The molecule has 2 nitrogen and oxygen atoms in total. The van der Waals surface area contributed by atoms with Gasteiger partial charge in [0.1, 0.15) is 5.75 Å². The Morgan fingerprint density at radius 1 is 1.33 bits per heavy atom. The highest BCUT2D eigenvalue weighted by molar-refractivity contribution is 5.45. The van der Waals surface area contributed by atoms with E-state index in [4.69, 9.17) is 4.74 Å². The number of methoxy groups -OCH3 is 1. The van der Waals surface area contributed by atoms with Crippen LogP contribution in [0.5, 0.6) is 5.75 Å². The number of benzene rings is 1. The predicted molar refractivity (Wildman–Crippen MR) is 76.3 cm³/mol. The van der Waals surface area contributed by atoms with Crippen molar-refractivity contribution in [2.45, 2.75) is 33.6 Å². The standard InChI is InChI=1S/C16H25NO/c1-11-5-6-14(16(18-4)13(11)3)9-15-10-17-8-7-12(15)2/h5-6,12,15,17H,7-10H2,1-4H3. The Hall–Kier alpha value is -1.02. The van der Waals surface area contributed by atoms with Crippen LogP contribution in [0.3, 0.4) is 0 Å². The highest BCUT2D eigenvalue weighted by Crippen LogP contribution is 2.31. The van der Waals surface area contributed by atoms with Crippen molar-refractivity contribution in [2.75, 3.05) is 20.2 Å². The molecule has 18 heavy (non-hydrogen) atoms. The van der Waals surface area contributed by atoms with Gasteiger partial charge in [-0.05, 0) is 68.3 Å². The van der Waals surface area contributed by atoms with Crippen LogP contribution in [0.1, 0.15) is 30.0 Å². The summed E-state index contributed by atoms with van der Waals surface area (Å²) in [7, 11) is 1.79. The molecule has 0 aromatic heterocycles. The fraction of sp³-hybridized carbons (Fsp3) is 0.625. The zero-order valence-corrected chi connectivity index (χ0v) is 12.0. The molecule has 0 bridgehead atoms. The first-order valence-electron chi connectivity index (χ1n) is 6.97. The lowest BCUT2D eigenvalue weighted by atomic mass is 9.83. The second-order valence-corrected chi connectivity index (χ2v) is 5.63. The molecule has 1 fully saturated rings. The minimum Gasteiger partial charge on any atom is -0.496 e. The fourth-order valence-electron chi connectivity index (χ4n) is 2.90. The molecule has 2 heteroatoms. The van der Waals surface area contributed by atoms with Crippen LogP contribution < -0.4 is 10.1 Å². The first-order chi connectivity index (χ1) is 8.63. The third-order valence-electron chi connectivity index (χ3n) is 4.43. The van der Waals surface area contributed by atoms with E-state index < -0.39 is 0 Å². The summed E-state index contributed by atoms with van der Waals surface area (Å²) in [6.07, 6.45) is 2.41. The van der Waals surface area contributed by atoms with Crippen molar-refractivity contribution in [1.82, 2.24) is 5.32 Å². The van der Waals surface area contributed by atoms with Crippen molar-refractivity contribution < 1.29 is 4.74 Å². The van der Waals surface area contributed by atoms with Gasteiger partial charge in [0.2, 0.25) is 0 Å². The van der Waals surface area contributed by atoms with E-state index in [1.54, 1.807) is 7.11 Å². The molecule has 1 aromatic carbocycles. The van der Waals surface area contributed by atoms with E-state index in [1.165, 1.54) is 29.7 Å². The van der Waals surface area contributed by atoms with Crippen LogP contribution in [0.4, 0.5) is 0 Å². The summed E-state index contributed by atoms with van der Waals surface area (Å²) in [5.74, 6) is 2.63. The summed E-state index contributed by atoms with van der Waals surface area (Å²) in [5.41, 5.74) is 3.96. The molecule has 0 spiro atoms. The number of hydrogen-bond donors (Lipinski definition) is 1. The molecule has 0 aliphatic carbocycles. The minimum atomic E-state index is 0.731. The van der Waals surface area contributed by atoms with Crippen LogP contribution >= 0.6 is 0 Å². The van der Waals surface area contributed by atoms with Gasteiger partial charge in [0.05, 0.1) is 7.11 Å². The Kier molecular flexibility index (Phi) is 4.28. The van der Waals surface area contributed by atoms with Gasteiger partial charge < -0.3 is 10.1 Å². The largest absolute Gasteiger partial charge is 0.496 e. The van der Waals surface area contributed by atoms with Crippen molar-refractivity contribution in [3.8, 4) is 5.75 Å². The lowest BCUT2D eigenvalue weighted by Crippen LogP contribution is -2.36. The van der Waals surface area contributed by atoms with Gasteiger partial charge in [-0.3, -0.25) is 0 Å². The van der Waals surface area contributed by atoms with E-state index in [0.717, 1.165) is 30.6 Å². The van der Waals surface area contributed by atoms with E-state index in [0.29, 0.717) is 0 Å². The molecule has 1 heterocycles. The van der Waals surface area contributed by atoms with Crippen molar-refractivity contribution in [2.24, 2.45) is 11.8 Å². The van der Waals surface area contributed by atoms with Crippen LogP contribution in [0.15, 0.2) is 12.1 Å². The molecule has 1 N–H and O–H groups in total. The highest BCUT2D eigenvalue weighted by atomic mass is 16.5. The van der Waals surface area contributed by atoms with Crippen molar-refractivity contribution in [3.05, 3.63) is 28.8 Å². The molecular formula is C16H25NO. The molecule has 2 atom stereocenters. The van der Waals surface area contributed by atoms with Crippen molar-refractivity contribution >= 4 is 0 Å². The number of ether oxygens (including phenoxy) is 1. The quantitative estimate of drug-likeness (QED) is 0.886. The Balaban J connectivity index is 2.20. The van der Waals surface area contributed by atoms with Gasteiger partial charge in [-0.2, -0.15) is 0 Å². The molecular weight excluding hydrogens is 222 g/mol. The van der Waals surface area contributed by atoms with E-state index in [-0.39, 0.29) is 0 Å². The summed E-state index contributed by atoms with van der Waals surface area (Å²) in [4.78, 5) is 0. The summed E-state index contributed by atoms with van der Waals surface area (Å²) in [6, 6.07) is 4.45.